The average molecular weight is 175 g/mol. The Morgan fingerprint density at radius 3 is 3.00 bits per heavy atom. The van der Waals surface area contributed by atoms with E-state index in [4.69, 9.17) is 0 Å². The summed E-state index contributed by atoms with van der Waals surface area (Å²) < 4.78 is 12.3. The quantitative estimate of drug-likeness (QED) is 0.685. The molecule has 0 atom stereocenters. The van der Waals surface area contributed by atoms with Crippen LogP contribution in [-0.2, 0) is 4.84 Å². The zero-order valence-corrected chi connectivity index (χ0v) is 6.57. The van der Waals surface area contributed by atoms with Crippen LogP contribution in [0, 0.1) is 5.82 Å². The molecular weight excluding hydrogens is 169 g/mol. The van der Waals surface area contributed by atoms with Gasteiger partial charge >= 0.3 is 0 Å². The fourth-order valence-electron chi connectivity index (χ4n) is 0.575. The maximum absolute atomic E-state index is 12.3. The van der Waals surface area contributed by atoms with E-state index in [0.717, 1.165) is 17.4 Å². The summed E-state index contributed by atoms with van der Waals surface area (Å²) in [6.07, 6.45) is 0. The summed E-state index contributed by atoms with van der Waals surface area (Å²) in [5, 5.41) is 1.25. The highest BCUT2D eigenvalue weighted by Crippen LogP contribution is 2.12. The normalized spacial score (nSPS) is 9.64. The first kappa shape index (κ1) is 8.16. The number of rotatable bonds is 2. The molecule has 1 heterocycles. The highest BCUT2D eigenvalue weighted by Gasteiger charge is 2.07. The van der Waals surface area contributed by atoms with Gasteiger partial charge in [-0.2, -0.15) is 0 Å². The van der Waals surface area contributed by atoms with Crippen LogP contribution in [0.4, 0.5) is 4.39 Å². The van der Waals surface area contributed by atoms with Crippen molar-refractivity contribution in [3.8, 4) is 0 Å². The topological polar surface area (TPSA) is 38.3 Å². The van der Waals surface area contributed by atoms with E-state index >= 15 is 0 Å². The summed E-state index contributed by atoms with van der Waals surface area (Å²) in [6, 6.07) is 1.15. The number of carbonyl (C=O) groups excluding carboxylic acids is 1. The van der Waals surface area contributed by atoms with E-state index in [-0.39, 0.29) is 0 Å². The van der Waals surface area contributed by atoms with Crippen molar-refractivity contribution >= 4 is 17.2 Å². The zero-order chi connectivity index (χ0) is 8.27. The average Bonchev–Trinajstić information content (AvgIpc) is 2.36. The number of amides is 1. The summed E-state index contributed by atoms with van der Waals surface area (Å²) in [5.74, 6) is -0.836. The van der Waals surface area contributed by atoms with Crippen molar-refractivity contribution in [2.45, 2.75) is 0 Å². The van der Waals surface area contributed by atoms with Gasteiger partial charge in [-0.1, -0.05) is 0 Å². The van der Waals surface area contributed by atoms with E-state index in [1.807, 2.05) is 0 Å². The van der Waals surface area contributed by atoms with Crippen molar-refractivity contribution in [1.82, 2.24) is 5.48 Å². The lowest BCUT2D eigenvalue weighted by Gasteiger charge is -1.96. The number of halogens is 1. The largest absolute Gasteiger partial charge is 0.284 e. The predicted octanol–water partition coefficient (Wildman–Crippen LogP) is 1.18. The Bertz CT molecular complexity index is 261. The Balaban J connectivity index is 2.69. The van der Waals surface area contributed by atoms with Crippen molar-refractivity contribution < 1.29 is 14.0 Å². The van der Waals surface area contributed by atoms with Gasteiger partial charge in [0.15, 0.2) is 0 Å². The predicted molar refractivity (Wildman–Crippen MR) is 38.8 cm³/mol. The fourth-order valence-corrected chi connectivity index (χ4v) is 1.21. The molecular formula is C6H6FNO2S. The first-order chi connectivity index (χ1) is 5.24. The standard InChI is InChI=1S/C6H6FNO2S/c1-10-8-6(9)5-2-4(7)3-11-5/h2-3H,1H3,(H,8,9). The van der Waals surface area contributed by atoms with E-state index < -0.39 is 11.7 Å². The molecule has 1 rings (SSSR count). The van der Waals surface area contributed by atoms with Crippen LogP contribution in [0.1, 0.15) is 9.67 Å². The van der Waals surface area contributed by atoms with Crippen LogP contribution in [0.25, 0.3) is 0 Å². The molecule has 1 amide bonds. The molecule has 0 unspecified atom stereocenters. The van der Waals surface area contributed by atoms with Gasteiger partial charge in [-0.3, -0.25) is 9.63 Å². The van der Waals surface area contributed by atoms with Crippen LogP contribution in [0.5, 0.6) is 0 Å². The summed E-state index contributed by atoms with van der Waals surface area (Å²) in [7, 11) is 1.32. The summed E-state index contributed by atoms with van der Waals surface area (Å²) >= 11 is 1.03. The smallest absolute Gasteiger partial charge is 0.277 e. The molecule has 1 N–H and O–H groups in total. The maximum Gasteiger partial charge on any atom is 0.284 e. The third-order valence-corrected chi connectivity index (χ3v) is 1.89. The number of nitrogens with one attached hydrogen (secondary N) is 1. The molecule has 0 aliphatic carbocycles. The van der Waals surface area contributed by atoms with Crippen molar-refractivity contribution in [3.05, 3.63) is 22.1 Å². The van der Waals surface area contributed by atoms with E-state index in [1.54, 1.807) is 0 Å². The highest BCUT2D eigenvalue weighted by molar-refractivity contribution is 7.12. The van der Waals surface area contributed by atoms with Crippen molar-refractivity contribution in [2.24, 2.45) is 0 Å². The van der Waals surface area contributed by atoms with Crippen LogP contribution in [0.15, 0.2) is 11.4 Å². The van der Waals surface area contributed by atoms with Crippen molar-refractivity contribution in [3.63, 3.8) is 0 Å². The van der Waals surface area contributed by atoms with Crippen LogP contribution in [0.2, 0.25) is 0 Å². The van der Waals surface area contributed by atoms with Gasteiger partial charge in [-0.25, -0.2) is 9.87 Å². The molecule has 0 radical (unpaired) electrons. The SMILES string of the molecule is CONC(=O)c1cc(F)cs1. The minimum atomic E-state index is -0.429. The molecule has 0 fully saturated rings. The lowest BCUT2D eigenvalue weighted by atomic mass is 10.4. The van der Waals surface area contributed by atoms with Gasteiger partial charge in [0.2, 0.25) is 0 Å². The third kappa shape index (κ3) is 1.99. The molecule has 5 heteroatoms. The molecule has 0 saturated carbocycles. The lowest BCUT2D eigenvalue weighted by Crippen LogP contribution is -2.20. The Morgan fingerprint density at radius 1 is 1.82 bits per heavy atom. The Hall–Kier alpha value is -0.940. The first-order valence-electron chi connectivity index (χ1n) is 2.81. The number of hydroxylamine groups is 1. The molecule has 1 aromatic rings. The van der Waals surface area contributed by atoms with E-state index in [0.29, 0.717) is 4.88 Å². The third-order valence-electron chi connectivity index (χ3n) is 0.986. The van der Waals surface area contributed by atoms with Gasteiger partial charge in [0.05, 0.1) is 12.0 Å². The van der Waals surface area contributed by atoms with E-state index in [9.17, 15) is 9.18 Å². The van der Waals surface area contributed by atoms with Crippen LogP contribution >= 0.6 is 11.3 Å². The summed E-state index contributed by atoms with van der Waals surface area (Å²) in [5.41, 5.74) is 2.08. The van der Waals surface area contributed by atoms with Crippen molar-refractivity contribution in [2.75, 3.05) is 7.11 Å². The maximum atomic E-state index is 12.3. The van der Waals surface area contributed by atoms with Gasteiger partial charge in [0.25, 0.3) is 5.91 Å². The summed E-state index contributed by atoms with van der Waals surface area (Å²) in [4.78, 5) is 15.5. The Labute approximate surface area is 66.7 Å². The monoisotopic (exact) mass is 175 g/mol. The molecule has 11 heavy (non-hydrogen) atoms. The second-order valence-corrected chi connectivity index (χ2v) is 2.68. The summed E-state index contributed by atoms with van der Waals surface area (Å²) in [6.45, 7) is 0. The second kappa shape index (κ2) is 3.45. The van der Waals surface area contributed by atoms with Gasteiger partial charge < -0.3 is 0 Å². The number of thiophene rings is 1. The number of hydrogen-bond acceptors (Lipinski definition) is 3. The fraction of sp³-hybridized carbons (Fsp3) is 0.167. The zero-order valence-electron chi connectivity index (χ0n) is 5.76. The Morgan fingerprint density at radius 2 is 2.55 bits per heavy atom. The molecule has 0 bridgehead atoms. The van der Waals surface area contributed by atoms with Crippen LogP contribution in [0.3, 0.4) is 0 Å². The van der Waals surface area contributed by atoms with Gasteiger partial charge in [0, 0.05) is 5.38 Å². The number of carbonyl (C=O) groups is 1. The molecule has 1 aromatic heterocycles. The molecule has 60 valence electrons. The molecule has 0 aliphatic rings. The van der Waals surface area contributed by atoms with Gasteiger partial charge in [0.1, 0.15) is 5.82 Å². The molecule has 3 nitrogen and oxygen atoms in total. The van der Waals surface area contributed by atoms with Gasteiger partial charge in [-0.15, -0.1) is 11.3 Å². The molecule has 0 aromatic carbocycles. The lowest BCUT2D eigenvalue weighted by molar-refractivity contribution is 0.0542. The van der Waals surface area contributed by atoms with E-state index in [1.165, 1.54) is 12.5 Å². The van der Waals surface area contributed by atoms with Gasteiger partial charge in [-0.05, 0) is 6.07 Å². The van der Waals surface area contributed by atoms with Crippen LogP contribution < -0.4 is 5.48 Å². The van der Waals surface area contributed by atoms with Crippen LogP contribution in [-0.4, -0.2) is 13.0 Å². The molecule has 0 aliphatic heterocycles. The minimum Gasteiger partial charge on any atom is -0.277 e. The number of hydrogen-bond donors (Lipinski definition) is 1. The first-order valence-corrected chi connectivity index (χ1v) is 3.69. The second-order valence-electron chi connectivity index (χ2n) is 1.76. The molecule has 0 saturated heterocycles. The van der Waals surface area contributed by atoms with E-state index in [2.05, 4.69) is 10.3 Å². The Kier molecular flexibility index (Phi) is 2.56. The van der Waals surface area contributed by atoms with Crippen molar-refractivity contribution in [1.29, 1.82) is 0 Å². The minimum absolute atomic E-state index is 0.296. The molecule has 0 spiro atoms. The highest BCUT2D eigenvalue weighted by atomic mass is 32.1.